The Hall–Kier alpha value is -2.53. The molecule has 1 amide bonds. The van der Waals surface area contributed by atoms with E-state index in [2.05, 4.69) is 10.5 Å². The second-order valence-corrected chi connectivity index (χ2v) is 5.29. The van der Waals surface area contributed by atoms with Gasteiger partial charge in [-0.05, 0) is 61.9 Å². The quantitative estimate of drug-likeness (QED) is 0.644. The minimum absolute atomic E-state index is 0.345. The fourth-order valence-electron chi connectivity index (χ4n) is 1.69. The first-order valence-corrected chi connectivity index (χ1v) is 7.39. The number of amides is 1. The maximum atomic E-state index is 11.9. The third-order valence-corrected chi connectivity index (χ3v) is 3.10. The summed E-state index contributed by atoms with van der Waals surface area (Å²) in [6, 6.07) is 10.4. The summed E-state index contributed by atoms with van der Waals surface area (Å²) >= 11 is 5.79. The molecule has 0 unspecified atom stereocenters. The average Bonchev–Trinajstić information content (AvgIpc) is 3.02. The molecule has 0 saturated carbocycles. The Bertz CT molecular complexity index is 691. The summed E-state index contributed by atoms with van der Waals surface area (Å²) in [5, 5.41) is 4.50. The monoisotopic (exact) mass is 332 g/mol. The van der Waals surface area contributed by atoms with Crippen LogP contribution in [0.15, 0.2) is 57.8 Å². The van der Waals surface area contributed by atoms with E-state index in [1.54, 1.807) is 43.5 Å². The van der Waals surface area contributed by atoms with E-state index in [4.69, 9.17) is 20.8 Å². The molecular weight excluding hydrogens is 316 g/mol. The summed E-state index contributed by atoms with van der Waals surface area (Å²) in [7, 11) is 0. The Morgan fingerprint density at radius 1 is 1.35 bits per heavy atom. The van der Waals surface area contributed by atoms with Crippen LogP contribution in [0.3, 0.4) is 0 Å². The largest absolute Gasteiger partial charge is 0.481 e. The molecule has 0 bridgehead atoms. The van der Waals surface area contributed by atoms with Gasteiger partial charge < -0.3 is 9.15 Å². The lowest BCUT2D eigenvalue weighted by molar-refractivity contribution is -0.127. The van der Waals surface area contributed by atoms with Gasteiger partial charge in [0, 0.05) is 5.02 Å². The average molecular weight is 333 g/mol. The first kappa shape index (κ1) is 16.8. The summed E-state index contributed by atoms with van der Waals surface area (Å²) in [4.78, 5) is 11.9. The molecule has 1 atom stereocenters. The minimum atomic E-state index is -0.678. The number of furan rings is 1. The summed E-state index contributed by atoms with van der Waals surface area (Å²) in [5.74, 6) is 0.941. The maximum Gasteiger partial charge on any atom is 0.280 e. The Kier molecular flexibility index (Phi) is 6.00. The molecule has 1 aromatic carbocycles. The van der Waals surface area contributed by atoms with Crippen molar-refractivity contribution in [3.05, 3.63) is 59.0 Å². The molecule has 1 aromatic heterocycles. The third-order valence-electron chi connectivity index (χ3n) is 2.85. The lowest BCUT2D eigenvalue weighted by atomic mass is 10.3. The molecular formula is C17H17ClN2O3. The van der Waals surface area contributed by atoms with Gasteiger partial charge in [0.05, 0.1) is 12.5 Å². The Balaban J connectivity index is 1.83. The van der Waals surface area contributed by atoms with E-state index in [1.807, 2.05) is 19.1 Å². The molecule has 5 nitrogen and oxygen atoms in total. The zero-order valence-electron chi connectivity index (χ0n) is 12.8. The van der Waals surface area contributed by atoms with Gasteiger partial charge in [-0.3, -0.25) is 4.79 Å². The number of hydrogen-bond donors (Lipinski definition) is 1. The second kappa shape index (κ2) is 8.19. The van der Waals surface area contributed by atoms with Crippen molar-refractivity contribution in [1.29, 1.82) is 0 Å². The molecule has 2 aromatic rings. The van der Waals surface area contributed by atoms with Gasteiger partial charge in [-0.1, -0.05) is 11.6 Å². The Morgan fingerprint density at radius 2 is 2.09 bits per heavy atom. The van der Waals surface area contributed by atoms with Crippen LogP contribution in [-0.2, 0) is 4.79 Å². The first-order chi connectivity index (χ1) is 11.0. The van der Waals surface area contributed by atoms with Crippen LogP contribution in [0.2, 0.25) is 5.02 Å². The number of rotatable bonds is 6. The standard InChI is InChI=1S/C17H17ClN2O3/c1-12(10-16-4-3-9-22-16)11-19-20-17(21)13(2)23-15-7-5-14(18)6-8-15/h3-11,13H,1-2H3,(H,20,21)/b12-10+,19-11?/t13-/m1/s1. The molecule has 0 spiro atoms. The van der Waals surface area contributed by atoms with Crippen molar-refractivity contribution >= 4 is 29.8 Å². The minimum Gasteiger partial charge on any atom is -0.481 e. The van der Waals surface area contributed by atoms with Crippen molar-refractivity contribution in [2.75, 3.05) is 0 Å². The van der Waals surface area contributed by atoms with Crippen LogP contribution in [0.5, 0.6) is 5.75 Å². The fourth-order valence-corrected chi connectivity index (χ4v) is 1.82. The molecule has 1 N–H and O–H groups in total. The number of halogens is 1. The van der Waals surface area contributed by atoms with Crippen molar-refractivity contribution in [2.24, 2.45) is 5.10 Å². The molecule has 0 radical (unpaired) electrons. The van der Waals surface area contributed by atoms with E-state index in [9.17, 15) is 4.79 Å². The topological polar surface area (TPSA) is 63.8 Å². The highest BCUT2D eigenvalue weighted by atomic mass is 35.5. The number of ether oxygens (including phenoxy) is 1. The zero-order valence-corrected chi connectivity index (χ0v) is 13.6. The number of carbonyl (C=O) groups is 1. The lowest BCUT2D eigenvalue weighted by Crippen LogP contribution is -2.33. The number of nitrogens with zero attached hydrogens (tertiary/aromatic N) is 1. The number of hydrazone groups is 1. The number of hydrogen-bond acceptors (Lipinski definition) is 4. The van der Waals surface area contributed by atoms with Gasteiger partial charge in [0.15, 0.2) is 6.10 Å². The van der Waals surface area contributed by atoms with Crippen molar-refractivity contribution in [2.45, 2.75) is 20.0 Å². The van der Waals surface area contributed by atoms with Gasteiger partial charge in [0.1, 0.15) is 11.5 Å². The van der Waals surface area contributed by atoms with Gasteiger partial charge >= 0.3 is 0 Å². The van der Waals surface area contributed by atoms with Crippen LogP contribution in [0, 0.1) is 0 Å². The molecule has 120 valence electrons. The summed E-state index contributed by atoms with van der Waals surface area (Å²) in [6.45, 7) is 3.50. The number of allylic oxidation sites excluding steroid dienone is 1. The number of nitrogens with one attached hydrogen (secondary N) is 1. The lowest BCUT2D eigenvalue weighted by Gasteiger charge is -2.12. The van der Waals surface area contributed by atoms with Crippen LogP contribution in [0.4, 0.5) is 0 Å². The van der Waals surface area contributed by atoms with Crippen LogP contribution >= 0.6 is 11.6 Å². The molecule has 0 aliphatic carbocycles. The normalized spacial score (nSPS) is 13.1. The first-order valence-electron chi connectivity index (χ1n) is 7.01. The molecule has 6 heteroatoms. The Labute approximate surface area is 139 Å². The fraction of sp³-hybridized carbons (Fsp3) is 0.176. The van der Waals surface area contributed by atoms with Gasteiger partial charge in [-0.15, -0.1) is 0 Å². The van der Waals surface area contributed by atoms with Crippen LogP contribution in [-0.4, -0.2) is 18.2 Å². The van der Waals surface area contributed by atoms with Crippen LogP contribution < -0.4 is 10.2 Å². The van der Waals surface area contributed by atoms with Crippen molar-refractivity contribution in [3.8, 4) is 5.75 Å². The van der Waals surface area contributed by atoms with E-state index >= 15 is 0 Å². The summed E-state index contributed by atoms with van der Waals surface area (Å²) in [6.07, 6.45) is 4.26. The predicted octanol–water partition coefficient (Wildman–Crippen LogP) is 3.91. The predicted molar refractivity (Wildman–Crippen MR) is 90.5 cm³/mol. The van der Waals surface area contributed by atoms with Crippen LogP contribution in [0.1, 0.15) is 19.6 Å². The van der Waals surface area contributed by atoms with Gasteiger partial charge in [-0.2, -0.15) is 5.10 Å². The van der Waals surface area contributed by atoms with E-state index in [0.29, 0.717) is 10.8 Å². The van der Waals surface area contributed by atoms with Gasteiger partial charge in [0.2, 0.25) is 0 Å². The SMILES string of the molecule is C/C(C=NNC(=O)[C@@H](C)Oc1ccc(Cl)cc1)=C\c1ccco1. The highest BCUT2D eigenvalue weighted by Crippen LogP contribution is 2.16. The van der Waals surface area contributed by atoms with E-state index < -0.39 is 6.10 Å². The van der Waals surface area contributed by atoms with Crippen LogP contribution in [0.25, 0.3) is 6.08 Å². The highest BCUT2D eigenvalue weighted by molar-refractivity contribution is 6.30. The number of benzene rings is 1. The van der Waals surface area contributed by atoms with E-state index in [0.717, 1.165) is 11.3 Å². The molecule has 0 saturated heterocycles. The smallest absolute Gasteiger partial charge is 0.280 e. The molecule has 0 aliphatic heterocycles. The third kappa shape index (κ3) is 5.64. The van der Waals surface area contributed by atoms with E-state index in [-0.39, 0.29) is 5.91 Å². The molecule has 0 fully saturated rings. The van der Waals surface area contributed by atoms with Crippen molar-refractivity contribution < 1.29 is 13.9 Å². The molecule has 1 heterocycles. The molecule has 23 heavy (non-hydrogen) atoms. The highest BCUT2D eigenvalue weighted by Gasteiger charge is 2.13. The second-order valence-electron chi connectivity index (χ2n) is 4.85. The Morgan fingerprint density at radius 3 is 2.74 bits per heavy atom. The summed E-state index contributed by atoms with van der Waals surface area (Å²) < 4.78 is 10.7. The van der Waals surface area contributed by atoms with Crippen molar-refractivity contribution in [3.63, 3.8) is 0 Å². The summed E-state index contributed by atoms with van der Waals surface area (Å²) in [5.41, 5.74) is 3.27. The maximum absolute atomic E-state index is 11.9. The van der Waals surface area contributed by atoms with Gasteiger partial charge in [-0.25, -0.2) is 5.43 Å². The molecule has 0 aliphatic rings. The molecule has 2 rings (SSSR count). The van der Waals surface area contributed by atoms with E-state index in [1.165, 1.54) is 6.21 Å². The zero-order chi connectivity index (χ0) is 16.7. The van der Waals surface area contributed by atoms with Crippen molar-refractivity contribution in [1.82, 2.24) is 5.43 Å². The van der Waals surface area contributed by atoms with Gasteiger partial charge in [0.25, 0.3) is 5.91 Å². The number of carbonyl (C=O) groups excluding carboxylic acids is 1.